The number of rotatable bonds is 8. The highest BCUT2D eigenvalue weighted by atomic mass is 16.5. The first-order valence-electron chi connectivity index (χ1n) is 7.66. The van der Waals surface area contributed by atoms with Gasteiger partial charge >= 0.3 is 0 Å². The molecule has 0 fully saturated rings. The van der Waals surface area contributed by atoms with Gasteiger partial charge in [0.25, 0.3) is 0 Å². The third kappa shape index (κ3) is 6.87. The molecule has 0 amide bonds. The van der Waals surface area contributed by atoms with E-state index in [1.165, 1.54) is 0 Å². The third-order valence-electron chi connectivity index (χ3n) is 2.78. The van der Waals surface area contributed by atoms with Crippen molar-refractivity contribution in [1.82, 2.24) is 15.3 Å². The zero-order chi connectivity index (χ0) is 15.9. The van der Waals surface area contributed by atoms with E-state index >= 15 is 0 Å². The fourth-order valence-electron chi connectivity index (χ4n) is 1.69. The summed E-state index contributed by atoms with van der Waals surface area (Å²) in [7, 11) is 0. The molecule has 1 heterocycles. The van der Waals surface area contributed by atoms with Crippen LogP contribution in [0, 0.1) is 0 Å². The van der Waals surface area contributed by atoms with Gasteiger partial charge in [-0.25, -0.2) is 9.97 Å². The van der Waals surface area contributed by atoms with Crippen LogP contribution in [0.5, 0.6) is 5.75 Å². The molecule has 0 saturated carbocycles. The number of hydrogen-bond donors (Lipinski definition) is 1. The van der Waals surface area contributed by atoms with Crippen molar-refractivity contribution in [2.75, 3.05) is 19.8 Å². The van der Waals surface area contributed by atoms with Crippen LogP contribution >= 0.6 is 0 Å². The summed E-state index contributed by atoms with van der Waals surface area (Å²) in [5, 5.41) is 3.28. The molecule has 1 aromatic rings. The lowest BCUT2D eigenvalue weighted by Crippen LogP contribution is -2.23. The van der Waals surface area contributed by atoms with E-state index in [1.54, 1.807) is 6.20 Å². The molecule has 1 rings (SSSR count). The average Bonchev–Trinajstić information content (AvgIpc) is 2.40. The molecule has 120 valence electrons. The van der Waals surface area contributed by atoms with Gasteiger partial charge in [0.2, 0.25) is 0 Å². The lowest BCUT2D eigenvalue weighted by atomic mass is 10.2. The Hall–Kier alpha value is -1.20. The van der Waals surface area contributed by atoms with E-state index < -0.39 is 0 Å². The van der Waals surface area contributed by atoms with E-state index in [1.807, 2.05) is 20.8 Å². The summed E-state index contributed by atoms with van der Waals surface area (Å²) >= 11 is 0. The van der Waals surface area contributed by atoms with Gasteiger partial charge in [-0.2, -0.15) is 0 Å². The van der Waals surface area contributed by atoms with Crippen LogP contribution in [0.4, 0.5) is 0 Å². The normalized spacial score (nSPS) is 12.0. The first kappa shape index (κ1) is 17.9. The lowest BCUT2D eigenvalue weighted by Gasteiger charge is -2.20. The fourth-order valence-corrected chi connectivity index (χ4v) is 1.69. The van der Waals surface area contributed by atoms with Gasteiger partial charge < -0.3 is 14.8 Å². The summed E-state index contributed by atoms with van der Waals surface area (Å²) in [6, 6.07) is 0. The van der Waals surface area contributed by atoms with E-state index in [9.17, 15) is 0 Å². The topological polar surface area (TPSA) is 56.3 Å². The largest absolute Gasteiger partial charge is 0.488 e. The minimum absolute atomic E-state index is 0.145. The maximum Gasteiger partial charge on any atom is 0.160 e. The molecule has 0 aliphatic rings. The van der Waals surface area contributed by atoms with Crippen LogP contribution in [-0.4, -0.2) is 35.3 Å². The van der Waals surface area contributed by atoms with E-state index in [0.717, 1.165) is 23.8 Å². The second-order valence-corrected chi connectivity index (χ2v) is 6.28. The van der Waals surface area contributed by atoms with Crippen molar-refractivity contribution >= 4 is 0 Å². The Labute approximate surface area is 128 Å². The van der Waals surface area contributed by atoms with Gasteiger partial charge in [0, 0.05) is 12.5 Å². The Kier molecular flexibility index (Phi) is 7.05. The van der Waals surface area contributed by atoms with Crippen molar-refractivity contribution in [2.45, 2.75) is 59.6 Å². The Morgan fingerprint density at radius 1 is 1.24 bits per heavy atom. The molecule has 5 nitrogen and oxygen atoms in total. The molecule has 0 aliphatic carbocycles. The highest BCUT2D eigenvalue weighted by Crippen LogP contribution is 2.18. The lowest BCUT2D eigenvalue weighted by molar-refractivity contribution is -0.0164. The van der Waals surface area contributed by atoms with Crippen LogP contribution in [0.15, 0.2) is 6.20 Å². The molecule has 21 heavy (non-hydrogen) atoms. The molecule has 0 aromatic carbocycles. The summed E-state index contributed by atoms with van der Waals surface area (Å²) in [4.78, 5) is 8.97. The molecular formula is C16H29N3O2. The Balaban J connectivity index is 2.66. The van der Waals surface area contributed by atoms with Gasteiger partial charge in [0.05, 0.1) is 24.1 Å². The number of aromatic nitrogens is 2. The Morgan fingerprint density at radius 3 is 2.52 bits per heavy atom. The van der Waals surface area contributed by atoms with Crippen molar-refractivity contribution in [3.63, 3.8) is 0 Å². The highest BCUT2D eigenvalue weighted by molar-refractivity contribution is 5.25. The SMILES string of the molecule is CCNCc1nc(C(C)C)ncc1OCCOC(C)(C)C. The van der Waals surface area contributed by atoms with Crippen molar-refractivity contribution < 1.29 is 9.47 Å². The smallest absolute Gasteiger partial charge is 0.160 e. The molecular weight excluding hydrogens is 266 g/mol. The fraction of sp³-hybridized carbons (Fsp3) is 0.750. The molecule has 0 unspecified atom stereocenters. The molecule has 0 bridgehead atoms. The zero-order valence-electron chi connectivity index (χ0n) is 14.2. The second kappa shape index (κ2) is 8.29. The van der Waals surface area contributed by atoms with Crippen LogP contribution in [-0.2, 0) is 11.3 Å². The molecule has 5 heteroatoms. The summed E-state index contributed by atoms with van der Waals surface area (Å²) in [6.45, 7) is 15.0. The highest BCUT2D eigenvalue weighted by Gasteiger charge is 2.12. The van der Waals surface area contributed by atoms with Gasteiger partial charge in [-0.05, 0) is 27.3 Å². The zero-order valence-corrected chi connectivity index (χ0v) is 14.2. The van der Waals surface area contributed by atoms with Gasteiger partial charge in [-0.15, -0.1) is 0 Å². The quantitative estimate of drug-likeness (QED) is 0.747. The average molecular weight is 295 g/mol. The van der Waals surface area contributed by atoms with Gasteiger partial charge in [-0.3, -0.25) is 0 Å². The minimum Gasteiger partial charge on any atom is -0.488 e. The van der Waals surface area contributed by atoms with E-state index in [4.69, 9.17) is 9.47 Å². The van der Waals surface area contributed by atoms with Crippen LogP contribution in [0.25, 0.3) is 0 Å². The molecule has 0 aliphatic heterocycles. The van der Waals surface area contributed by atoms with Crippen LogP contribution in [0.3, 0.4) is 0 Å². The number of ether oxygens (including phenoxy) is 2. The van der Waals surface area contributed by atoms with Gasteiger partial charge in [-0.1, -0.05) is 20.8 Å². The van der Waals surface area contributed by atoms with Crippen LogP contribution in [0.2, 0.25) is 0 Å². The number of nitrogens with one attached hydrogen (secondary N) is 1. The molecule has 0 spiro atoms. The summed E-state index contributed by atoms with van der Waals surface area (Å²) in [5.41, 5.74) is 0.764. The monoisotopic (exact) mass is 295 g/mol. The third-order valence-corrected chi connectivity index (χ3v) is 2.78. The minimum atomic E-state index is -0.145. The predicted molar refractivity (Wildman–Crippen MR) is 84.7 cm³/mol. The summed E-state index contributed by atoms with van der Waals surface area (Å²) < 4.78 is 11.4. The van der Waals surface area contributed by atoms with Crippen molar-refractivity contribution in [3.05, 3.63) is 17.7 Å². The summed E-state index contributed by atoms with van der Waals surface area (Å²) in [6.07, 6.45) is 1.77. The Bertz CT molecular complexity index is 428. The predicted octanol–water partition coefficient (Wildman–Crippen LogP) is 2.90. The maximum atomic E-state index is 5.77. The first-order chi connectivity index (χ1) is 9.83. The number of nitrogens with zero attached hydrogens (tertiary/aromatic N) is 2. The van der Waals surface area contributed by atoms with Crippen LogP contribution in [0.1, 0.15) is 59.0 Å². The maximum absolute atomic E-state index is 5.77. The van der Waals surface area contributed by atoms with E-state index in [0.29, 0.717) is 25.7 Å². The standard InChI is InChI=1S/C16H29N3O2/c1-7-17-10-13-14(11-18-15(19-13)12(2)3)20-8-9-21-16(4,5)6/h11-12,17H,7-10H2,1-6H3. The van der Waals surface area contributed by atoms with Crippen LogP contribution < -0.4 is 10.1 Å². The molecule has 1 aromatic heterocycles. The van der Waals surface area contributed by atoms with Crippen molar-refractivity contribution in [3.8, 4) is 5.75 Å². The molecule has 0 atom stereocenters. The molecule has 1 N–H and O–H groups in total. The Morgan fingerprint density at radius 2 is 1.95 bits per heavy atom. The van der Waals surface area contributed by atoms with E-state index in [2.05, 4.69) is 36.1 Å². The van der Waals surface area contributed by atoms with E-state index in [-0.39, 0.29) is 5.60 Å². The summed E-state index contributed by atoms with van der Waals surface area (Å²) in [5.74, 6) is 1.89. The van der Waals surface area contributed by atoms with Gasteiger partial charge in [0.15, 0.2) is 5.75 Å². The van der Waals surface area contributed by atoms with Crippen molar-refractivity contribution in [1.29, 1.82) is 0 Å². The number of hydrogen-bond acceptors (Lipinski definition) is 5. The van der Waals surface area contributed by atoms with Gasteiger partial charge in [0.1, 0.15) is 12.4 Å². The molecule has 0 saturated heterocycles. The van der Waals surface area contributed by atoms with Crippen molar-refractivity contribution in [2.24, 2.45) is 0 Å². The second-order valence-electron chi connectivity index (χ2n) is 6.28. The molecule has 0 radical (unpaired) electrons. The first-order valence-corrected chi connectivity index (χ1v) is 7.66.